The van der Waals surface area contributed by atoms with E-state index < -0.39 is 17.7 Å². The van der Waals surface area contributed by atoms with Crippen LogP contribution in [0.15, 0.2) is 18.2 Å². The lowest BCUT2D eigenvalue weighted by Gasteiger charge is -2.20. The average molecular weight is 243 g/mol. The van der Waals surface area contributed by atoms with Gasteiger partial charge in [0.25, 0.3) is 5.91 Å². The first-order valence-corrected chi connectivity index (χ1v) is 5.17. The lowest BCUT2D eigenvalue weighted by atomic mass is 10.2. The SMILES string of the molecule is COC(C)C(=O)N(C)Cc1ccc(F)c(F)c1. The third-order valence-electron chi connectivity index (χ3n) is 2.48. The van der Waals surface area contributed by atoms with E-state index >= 15 is 0 Å². The topological polar surface area (TPSA) is 29.5 Å². The van der Waals surface area contributed by atoms with Crippen molar-refractivity contribution in [1.29, 1.82) is 0 Å². The summed E-state index contributed by atoms with van der Waals surface area (Å²) in [6.45, 7) is 1.84. The smallest absolute Gasteiger partial charge is 0.251 e. The van der Waals surface area contributed by atoms with Gasteiger partial charge in [0.15, 0.2) is 11.6 Å². The molecule has 0 aromatic heterocycles. The van der Waals surface area contributed by atoms with E-state index in [1.165, 1.54) is 18.1 Å². The lowest BCUT2D eigenvalue weighted by Crippen LogP contribution is -2.35. The Morgan fingerprint density at radius 1 is 1.41 bits per heavy atom. The third-order valence-corrected chi connectivity index (χ3v) is 2.48. The van der Waals surface area contributed by atoms with Crippen LogP contribution in [-0.2, 0) is 16.1 Å². The quantitative estimate of drug-likeness (QED) is 0.809. The number of methoxy groups -OCH3 is 1. The van der Waals surface area contributed by atoms with E-state index in [1.54, 1.807) is 14.0 Å². The van der Waals surface area contributed by atoms with E-state index in [-0.39, 0.29) is 12.5 Å². The van der Waals surface area contributed by atoms with Gasteiger partial charge >= 0.3 is 0 Å². The van der Waals surface area contributed by atoms with Crippen molar-refractivity contribution < 1.29 is 18.3 Å². The van der Waals surface area contributed by atoms with Crippen LogP contribution in [-0.4, -0.2) is 31.1 Å². The Morgan fingerprint density at radius 3 is 2.59 bits per heavy atom. The highest BCUT2D eigenvalue weighted by molar-refractivity contribution is 5.80. The van der Waals surface area contributed by atoms with Crippen LogP contribution in [0.3, 0.4) is 0 Å². The summed E-state index contributed by atoms with van der Waals surface area (Å²) in [7, 11) is 3.02. The molecular weight excluding hydrogens is 228 g/mol. The summed E-state index contributed by atoms with van der Waals surface area (Å²) in [4.78, 5) is 13.1. The van der Waals surface area contributed by atoms with Crippen LogP contribution in [0.2, 0.25) is 0 Å². The zero-order valence-corrected chi connectivity index (χ0v) is 10.0. The number of benzene rings is 1. The highest BCUT2D eigenvalue weighted by Gasteiger charge is 2.17. The first-order chi connectivity index (χ1) is 7.95. The number of hydrogen-bond acceptors (Lipinski definition) is 2. The third kappa shape index (κ3) is 3.49. The molecule has 0 spiro atoms. The molecule has 17 heavy (non-hydrogen) atoms. The number of halogens is 2. The highest BCUT2D eigenvalue weighted by Crippen LogP contribution is 2.11. The Labute approximate surface area is 99.0 Å². The van der Waals surface area contributed by atoms with Crippen LogP contribution in [0.5, 0.6) is 0 Å². The fraction of sp³-hybridized carbons (Fsp3) is 0.417. The van der Waals surface area contributed by atoms with Crippen molar-refractivity contribution in [3.8, 4) is 0 Å². The van der Waals surface area contributed by atoms with Crippen molar-refractivity contribution in [2.45, 2.75) is 19.6 Å². The summed E-state index contributed by atoms with van der Waals surface area (Å²) >= 11 is 0. The van der Waals surface area contributed by atoms with Gasteiger partial charge in [-0.15, -0.1) is 0 Å². The molecule has 0 saturated carbocycles. The van der Waals surface area contributed by atoms with E-state index in [0.29, 0.717) is 5.56 Å². The number of rotatable bonds is 4. The molecule has 0 N–H and O–H groups in total. The van der Waals surface area contributed by atoms with Crippen molar-refractivity contribution >= 4 is 5.91 Å². The molecule has 0 aliphatic rings. The van der Waals surface area contributed by atoms with Gasteiger partial charge in [0.05, 0.1) is 0 Å². The number of hydrogen-bond donors (Lipinski definition) is 0. The molecule has 0 saturated heterocycles. The van der Waals surface area contributed by atoms with E-state index in [9.17, 15) is 13.6 Å². The Balaban J connectivity index is 2.71. The van der Waals surface area contributed by atoms with Crippen molar-refractivity contribution in [2.24, 2.45) is 0 Å². The van der Waals surface area contributed by atoms with Crippen LogP contribution < -0.4 is 0 Å². The predicted molar refractivity (Wildman–Crippen MR) is 59.3 cm³/mol. The molecule has 1 rings (SSSR count). The zero-order valence-electron chi connectivity index (χ0n) is 10.0. The van der Waals surface area contributed by atoms with E-state index in [1.807, 2.05) is 0 Å². The van der Waals surface area contributed by atoms with Crippen LogP contribution in [0.4, 0.5) is 8.78 Å². The maximum absolute atomic E-state index is 13.0. The Hall–Kier alpha value is -1.49. The fourth-order valence-electron chi connectivity index (χ4n) is 1.40. The summed E-state index contributed by atoms with van der Waals surface area (Å²) in [6, 6.07) is 3.57. The summed E-state index contributed by atoms with van der Waals surface area (Å²) in [5.41, 5.74) is 0.531. The van der Waals surface area contributed by atoms with E-state index in [0.717, 1.165) is 12.1 Å². The molecule has 0 aliphatic carbocycles. The molecule has 1 aromatic carbocycles. The highest BCUT2D eigenvalue weighted by atomic mass is 19.2. The first kappa shape index (κ1) is 13.6. The van der Waals surface area contributed by atoms with Gasteiger partial charge in [0.1, 0.15) is 6.10 Å². The standard InChI is InChI=1S/C12H15F2NO2/c1-8(17-3)12(16)15(2)7-9-4-5-10(13)11(14)6-9/h4-6,8H,7H2,1-3H3. The predicted octanol–water partition coefficient (Wildman–Crippen LogP) is 1.96. The molecule has 0 radical (unpaired) electrons. The molecule has 1 unspecified atom stereocenters. The molecule has 3 nitrogen and oxygen atoms in total. The minimum atomic E-state index is -0.914. The van der Waals surface area contributed by atoms with Gasteiger partial charge in [-0.05, 0) is 24.6 Å². The number of carbonyl (C=O) groups excluding carboxylic acids is 1. The Morgan fingerprint density at radius 2 is 2.06 bits per heavy atom. The van der Waals surface area contributed by atoms with Gasteiger partial charge in [0.2, 0.25) is 0 Å². The lowest BCUT2D eigenvalue weighted by molar-refractivity contribution is -0.140. The van der Waals surface area contributed by atoms with Crippen LogP contribution >= 0.6 is 0 Å². The molecule has 0 fully saturated rings. The van der Waals surface area contributed by atoms with Gasteiger partial charge < -0.3 is 9.64 Å². The van der Waals surface area contributed by atoms with Gasteiger partial charge in [-0.25, -0.2) is 8.78 Å². The normalized spacial score (nSPS) is 12.3. The van der Waals surface area contributed by atoms with Gasteiger partial charge in [-0.1, -0.05) is 6.07 Å². The van der Waals surface area contributed by atoms with Gasteiger partial charge in [-0.2, -0.15) is 0 Å². The average Bonchev–Trinajstić information content (AvgIpc) is 2.31. The monoisotopic (exact) mass is 243 g/mol. The zero-order chi connectivity index (χ0) is 13.0. The maximum atomic E-state index is 13.0. The number of amides is 1. The summed E-state index contributed by atoms with van der Waals surface area (Å²) in [5, 5.41) is 0. The van der Waals surface area contributed by atoms with Crippen molar-refractivity contribution in [1.82, 2.24) is 4.90 Å². The largest absolute Gasteiger partial charge is 0.372 e. The molecule has 0 heterocycles. The fourth-order valence-corrected chi connectivity index (χ4v) is 1.40. The van der Waals surface area contributed by atoms with Crippen molar-refractivity contribution in [2.75, 3.05) is 14.2 Å². The van der Waals surface area contributed by atoms with Crippen LogP contribution in [0.25, 0.3) is 0 Å². The second-order valence-electron chi connectivity index (χ2n) is 3.82. The van der Waals surface area contributed by atoms with Crippen LogP contribution in [0.1, 0.15) is 12.5 Å². The summed E-state index contributed by atoms with van der Waals surface area (Å²) in [5.74, 6) is -2.02. The molecule has 0 bridgehead atoms. The molecule has 5 heteroatoms. The first-order valence-electron chi connectivity index (χ1n) is 5.17. The Bertz CT molecular complexity index is 409. The van der Waals surface area contributed by atoms with Gasteiger partial charge in [0, 0.05) is 20.7 Å². The van der Waals surface area contributed by atoms with Crippen molar-refractivity contribution in [3.63, 3.8) is 0 Å². The molecule has 1 aromatic rings. The van der Waals surface area contributed by atoms with Crippen molar-refractivity contribution in [3.05, 3.63) is 35.4 Å². The maximum Gasteiger partial charge on any atom is 0.251 e. The number of likely N-dealkylation sites (N-methyl/N-ethyl adjacent to an activating group) is 1. The molecule has 0 aliphatic heterocycles. The molecular formula is C12H15F2NO2. The molecule has 1 amide bonds. The number of carbonyl (C=O) groups is 1. The van der Waals surface area contributed by atoms with Crippen LogP contribution in [0, 0.1) is 11.6 Å². The van der Waals surface area contributed by atoms with E-state index in [4.69, 9.17) is 4.74 Å². The molecule has 1 atom stereocenters. The minimum Gasteiger partial charge on any atom is -0.372 e. The number of ether oxygens (including phenoxy) is 1. The number of nitrogens with zero attached hydrogens (tertiary/aromatic N) is 1. The van der Waals surface area contributed by atoms with E-state index in [2.05, 4.69) is 0 Å². The second-order valence-corrected chi connectivity index (χ2v) is 3.82. The van der Waals surface area contributed by atoms with Gasteiger partial charge in [-0.3, -0.25) is 4.79 Å². The summed E-state index contributed by atoms with van der Waals surface area (Å²) in [6.07, 6.45) is -0.551. The minimum absolute atomic E-state index is 0.211. The molecule has 94 valence electrons. The second kappa shape index (κ2) is 5.72. The summed E-state index contributed by atoms with van der Waals surface area (Å²) < 4.78 is 30.5. The Kier molecular flexibility index (Phi) is 4.57.